The van der Waals surface area contributed by atoms with E-state index in [9.17, 15) is 4.79 Å². The number of hydrogen-bond donors (Lipinski definition) is 1. The van der Waals surface area contributed by atoms with Gasteiger partial charge in [0.15, 0.2) is 0 Å². The number of rotatable bonds is 2. The largest absolute Gasteiger partial charge is 0.322 e. The van der Waals surface area contributed by atoms with E-state index >= 15 is 0 Å². The van der Waals surface area contributed by atoms with Crippen LogP contribution in [-0.4, -0.2) is 4.98 Å². The van der Waals surface area contributed by atoms with E-state index in [1.807, 2.05) is 0 Å². The summed E-state index contributed by atoms with van der Waals surface area (Å²) in [7, 11) is 0. The van der Waals surface area contributed by atoms with E-state index in [0.29, 0.717) is 5.56 Å². The normalized spacial score (nSPS) is 9.42. The van der Waals surface area contributed by atoms with Gasteiger partial charge in [-0.3, -0.25) is 4.79 Å². The maximum atomic E-state index is 11.1. The van der Waals surface area contributed by atoms with Crippen molar-refractivity contribution in [1.82, 2.24) is 4.98 Å². The Morgan fingerprint density at radius 1 is 1.42 bits per heavy atom. The molecular formula is C10H11NO. The van der Waals surface area contributed by atoms with Gasteiger partial charge in [-0.15, -0.1) is 0 Å². The molecule has 0 radical (unpaired) electrons. The molecule has 0 aliphatic carbocycles. The van der Waals surface area contributed by atoms with Gasteiger partial charge in [-0.2, -0.15) is 0 Å². The van der Waals surface area contributed by atoms with Gasteiger partial charge in [0, 0.05) is 11.3 Å². The maximum Gasteiger partial charge on any atom is 0.251 e. The number of pyridine rings is 1. The molecule has 0 saturated heterocycles. The number of nitrogens with one attached hydrogen (secondary N) is 1. The molecule has 0 saturated carbocycles. The Balaban J connectivity index is 3.48. The second kappa shape index (κ2) is 3.22. The Labute approximate surface area is 71.3 Å². The van der Waals surface area contributed by atoms with Gasteiger partial charge in [-0.25, -0.2) is 0 Å². The third-order valence-electron chi connectivity index (χ3n) is 1.71. The molecule has 1 aromatic rings. The van der Waals surface area contributed by atoms with Crippen molar-refractivity contribution in [2.45, 2.75) is 6.92 Å². The first-order chi connectivity index (χ1) is 5.69. The fourth-order valence-electron chi connectivity index (χ4n) is 1.01. The number of aromatic nitrogens is 1. The first-order valence-corrected chi connectivity index (χ1v) is 3.68. The van der Waals surface area contributed by atoms with E-state index in [-0.39, 0.29) is 5.56 Å². The summed E-state index contributed by atoms with van der Waals surface area (Å²) in [6.07, 6.45) is 3.30. The first-order valence-electron chi connectivity index (χ1n) is 3.68. The van der Waals surface area contributed by atoms with Crippen LogP contribution >= 0.6 is 0 Å². The van der Waals surface area contributed by atoms with Crippen molar-refractivity contribution in [3.05, 3.63) is 46.4 Å². The van der Waals surface area contributed by atoms with Crippen LogP contribution in [0.25, 0.3) is 12.2 Å². The van der Waals surface area contributed by atoms with Gasteiger partial charge in [0.2, 0.25) is 0 Å². The lowest BCUT2D eigenvalue weighted by molar-refractivity contribution is 1.16. The average Bonchev–Trinajstić information content (AvgIpc) is 2.09. The zero-order valence-corrected chi connectivity index (χ0v) is 7.05. The summed E-state index contributed by atoms with van der Waals surface area (Å²) in [5.41, 5.74) is 2.24. The molecular weight excluding hydrogens is 150 g/mol. The number of aryl methyl sites for hydroxylation is 1. The highest BCUT2D eigenvalue weighted by Crippen LogP contribution is 2.07. The van der Waals surface area contributed by atoms with Crippen LogP contribution in [-0.2, 0) is 0 Å². The molecule has 0 unspecified atom stereocenters. The fourth-order valence-corrected chi connectivity index (χ4v) is 1.01. The molecule has 62 valence electrons. The summed E-state index contributed by atoms with van der Waals surface area (Å²) < 4.78 is 0. The predicted octanol–water partition coefficient (Wildman–Crippen LogP) is 1.97. The number of H-pyrrole nitrogens is 1. The Morgan fingerprint density at radius 3 is 2.58 bits per heavy atom. The quantitative estimate of drug-likeness (QED) is 0.706. The summed E-state index contributed by atoms with van der Waals surface area (Å²) >= 11 is 0. The Morgan fingerprint density at radius 2 is 2.08 bits per heavy atom. The van der Waals surface area contributed by atoms with E-state index < -0.39 is 0 Å². The molecule has 0 amide bonds. The lowest BCUT2D eigenvalue weighted by Gasteiger charge is -2.00. The number of hydrogen-bond acceptors (Lipinski definition) is 1. The molecule has 0 aliphatic heterocycles. The predicted molar refractivity (Wildman–Crippen MR) is 52.0 cm³/mol. The van der Waals surface area contributed by atoms with E-state index in [2.05, 4.69) is 18.1 Å². The first kappa shape index (κ1) is 8.53. The minimum Gasteiger partial charge on any atom is -0.322 e. The van der Waals surface area contributed by atoms with Crippen LogP contribution in [0.15, 0.2) is 24.0 Å². The third-order valence-corrected chi connectivity index (χ3v) is 1.71. The summed E-state index contributed by atoms with van der Waals surface area (Å²) in [6.45, 7) is 9.00. The summed E-state index contributed by atoms with van der Waals surface area (Å²) in [4.78, 5) is 13.8. The van der Waals surface area contributed by atoms with Crippen LogP contribution in [0.1, 0.15) is 16.8 Å². The molecule has 0 aliphatic rings. The van der Waals surface area contributed by atoms with Crippen LogP contribution in [0, 0.1) is 6.92 Å². The molecule has 2 heteroatoms. The van der Waals surface area contributed by atoms with Gasteiger partial charge in [-0.05, 0) is 24.6 Å². The highest BCUT2D eigenvalue weighted by Gasteiger charge is 1.98. The average molecular weight is 161 g/mol. The van der Waals surface area contributed by atoms with Crippen molar-refractivity contribution in [2.75, 3.05) is 0 Å². The van der Waals surface area contributed by atoms with Crippen molar-refractivity contribution in [2.24, 2.45) is 0 Å². The molecule has 0 aromatic carbocycles. The smallest absolute Gasteiger partial charge is 0.251 e. The summed E-state index contributed by atoms with van der Waals surface area (Å²) in [5.74, 6) is 0. The van der Waals surface area contributed by atoms with Gasteiger partial charge in [0.25, 0.3) is 5.56 Å². The van der Waals surface area contributed by atoms with E-state index in [1.54, 1.807) is 25.1 Å². The molecule has 0 spiro atoms. The zero-order valence-electron chi connectivity index (χ0n) is 7.05. The van der Waals surface area contributed by atoms with Gasteiger partial charge in [0.05, 0.1) is 0 Å². The van der Waals surface area contributed by atoms with Crippen molar-refractivity contribution < 1.29 is 0 Å². The van der Waals surface area contributed by atoms with Crippen LogP contribution in [0.4, 0.5) is 0 Å². The van der Waals surface area contributed by atoms with Crippen LogP contribution in [0.5, 0.6) is 0 Å². The standard InChI is InChI=1S/C10H11NO/c1-4-8-6-7(3)10(12)11-9(8)5-2/h4-6H,1-2H2,3H3,(H,11,12). The minimum absolute atomic E-state index is 0.0736. The van der Waals surface area contributed by atoms with Gasteiger partial charge >= 0.3 is 0 Å². The fraction of sp³-hybridized carbons (Fsp3) is 0.100. The highest BCUT2D eigenvalue weighted by molar-refractivity contribution is 5.60. The van der Waals surface area contributed by atoms with E-state index in [4.69, 9.17) is 0 Å². The lowest BCUT2D eigenvalue weighted by atomic mass is 10.1. The molecule has 2 nitrogen and oxygen atoms in total. The molecule has 0 atom stereocenters. The topological polar surface area (TPSA) is 32.9 Å². The second-order valence-corrected chi connectivity index (χ2v) is 2.56. The highest BCUT2D eigenvalue weighted by atomic mass is 16.1. The Bertz CT molecular complexity index is 374. The summed E-state index contributed by atoms with van der Waals surface area (Å²) in [5, 5.41) is 0. The van der Waals surface area contributed by atoms with Crippen molar-refractivity contribution in [3.8, 4) is 0 Å². The van der Waals surface area contributed by atoms with Crippen LogP contribution in [0.3, 0.4) is 0 Å². The molecule has 0 fully saturated rings. The minimum atomic E-state index is -0.0736. The van der Waals surface area contributed by atoms with E-state index in [0.717, 1.165) is 11.3 Å². The molecule has 0 bridgehead atoms. The number of aromatic amines is 1. The molecule has 1 rings (SSSR count). The third kappa shape index (κ3) is 1.37. The van der Waals surface area contributed by atoms with Crippen molar-refractivity contribution in [3.63, 3.8) is 0 Å². The monoisotopic (exact) mass is 161 g/mol. The Hall–Kier alpha value is -1.57. The van der Waals surface area contributed by atoms with Crippen molar-refractivity contribution in [1.29, 1.82) is 0 Å². The lowest BCUT2D eigenvalue weighted by Crippen LogP contribution is -2.11. The Kier molecular flexibility index (Phi) is 2.29. The molecule has 1 N–H and O–H groups in total. The van der Waals surface area contributed by atoms with Gasteiger partial charge in [0.1, 0.15) is 0 Å². The maximum absolute atomic E-state index is 11.1. The van der Waals surface area contributed by atoms with Crippen LogP contribution in [0.2, 0.25) is 0 Å². The summed E-state index contributed by atoms with van der Waals surface area (Å²) in [6, 6.07) is 1.79. The van der Waals surface area contributed by atoms with Crippen LogP contribution < -0.4 is 5.56 Å². The van der Waals surface area contributed by atoms with Gasteiger partial charge < -0.3 is 4.98 Å². The zero-order chi connectivity index (χ0) is 9.14. The molecule has 1 heterocycles. The SMILES string of the molecule is C=Cc1cc(C)c(=O)[nH]c1C=C. The van der Waals surface area contributed by atoms with Crippen molar-refractivity contribution >= 4 is 12.2 Å². The second-order valence-electron chi connectivity index (χ2n) is 2.56. The molecule has 12 heavy (non-hydrogen) atoms. The van der Waals surface area contributed by atoms with E-state index in [1.165, 1.54) is 0 Å². The molecule has 1 aromatic heterocycles. The van der Waals surface area contributed by atoms with Gasteiger partial charge in [-0.1, -0.05) is 19.2 Å².